The molecule has 2 aromatic carbocycles. The van der Waals surface area contributed by atoms with Gasteiger partial charge in [-0.15, -0.1) is 0 Å². The summed E-state index contributed by atoms with van der Waals surface area (Å²) in [6, 6.07) is 12.6. The average Bonchev–Trinajstić information content (AvgIpc) is 3.16. The summed E-state index contributed by atoms with van der Waals surface area (Å²) < 4.78 is 11.5. The van der Waals surface area contributed by atoms with E-state index in [1.54, 1.807) is 18.2 Å². The first-order chi connectivity index (χ1) is 14.6. The molecular formula is C19H16N6O4S. The molecule has 0 amide bonds. The normalized spacial score (nSPS) is 10.6. The fourth-order valence-corrected chi connectivity index (χ4v) is 3.66. The number of aromatic nitrogens is 3. The van der Waals surface area contributed by atoms with Crippen LogP contribution in [0.5, 0.6) is 11.5 Å². The highest BCUT2D eigenvalue weighted by Crippen LogP contribution is 2.37. The summed E-state index contributed by atoms with van der Waals surface area (Å²) in [6.07, 6.45) is 1.24. The molecule has 11 heteroatoms. The number of hydrogen-bond acceptors (Lipinski definition) is 10. The van der Waals surface area contributed by atoms with Crippen molar-refractivity contribution in [2.45, 2.75) is 0 Å². The Bertz CT molecular complexity index is 1200. The number of anilines is 4. The van der Waals surface area contributed by atoms with E-state index in [1.807, 2.05) is 24.3 Å². The summed E-state index contributed by atoms with van der Waals surface area (Å²) in [7, 11) is 3.03. The smallest absolute Gasteiger partial charge is 0.353 e. The van der Waals surface area contributed by atoms with Crippen molar-refractivity contribution in [2.75, 3.05) is 24.9 Å². The molecule has 2 N–H and O–H groups in total. The van der Waals surface area contributed by atoms with Crippen LogP contribution in [0.15, 0.2) is 48.8 Å². The molecule has 30 heavy (non-hydrogen) atoms. The van der Waals surface area contributed by atoms with Crippen molar-refractivity contribution in [3.8, 4) is 11.5 Å². The third-order valence-electron chi connectivity index (χ3n) is 4.19. The van der Waals surface area contributed by atoms with Gasteiger partial charge in [0.05, 0.1) is 35.0 Å². The van der Waals surface area contributed by atoms with Gasteiger partial charge in [-0.3, -0.25) is 10.1 Å². The predicted octanol–water partition coefficient (Wildman–Crippen LogP) is 4.50. The molecule has 4 aromatic rings. The van der Waals surface area contributed by atoms with E-state index in [2.05, 4.69) is 25.6 Å². The molecule has 0 aliphatic heterocycles. The molecule has 0 fully saturated rings. The molecule has 152 valence electrons. The number of nitro groups is 1. The number of fused-ring (bicyclic) bond motifs is 1. The summed E-state index contributed by atoms with van der Waals surface area (Å²) in [6.45, 7) is 0. The lowest BCUT2D eigenvalue weighted by atomic mass is 10.2. The van der Waals surface area contributed by atoms with Crippen LogP contribution in [0.4, 0.5) is 28.1 Å². The first kappa shape index (κ1) is 19.3. The number of rotatable bonds is 7. The maximum atomic E-state index is 11.8. The van der Waals surface area contributed by atoms with Gasteiger partial charge >= 0.3 is 5.69 Å². The number of methoxy groups -OCH3 is 2. The second-order valence-corrected chi connectivity index (χ2v) is 7.01. The van der Waals surface area contributed by atoms with E-state index in [9.17, 15) is 10.1 Å². The Morgan fingerprint density at radius 3 is 2.50 bits per heavy atom. The molecule has 0 atom stereocenters. The van der Waals surface area contributed by atoms with Crippen LogP contribution in [0.25, 0.3) is 10.2 Å². The largest absolute Gasteiger partial charge is 0.497 e. The van der Waals surface area contributed by atoms with Gasteiger partial charge < -0.3 is 20.1 Å². The first-order valence-electron chi connectivity index (χ1n) is 8.70. The molecule has 0 unspecified atom stereocenters. The molecule has 4 rings (SSSR count). The summed E-state index contributed by atoms with van der Waals surface area (Å²) >= 11 is 1.37. The topological polar surface area (TPSA) is 124 Å². The van der Waals surface area contributed by atoms with E-state index >= 15 is 0 Å². The monoisotopic (exact) mass is 424 g/mol. The highest BCUT2D eigenvalue weighted by atomic mass is 32.1. The average molecular weight is 424 g/mol. The van der Waals surface area contributed by atoms with Crippen LogP contribution >= 0.6 is 11.3 Å². The lowest BCUT2D eigenvalue weighted by molar-refractivity contribution is -0.383. The Labute approximate surface area is 174 Å². The molecular weight excluding hydrogens is 408 g/mol. The number of ether oxygens (including phenoxy) is 2. The first-order valence-corrected chi connectivity index (χ1v) is 9.51. The van der Waals surface area contributed by atoms with Crippen molar-refractivity contribution in [1.29, 1.82) is 0 Å². The minimum Gasteiger partial charge on any atom is -0.497 e. The van der Waals surface area contributed by atoms with Crippen molar-refractivity contribution < 1.29 is 14.4 Å². The van der Waals surface area contributed by atoms with E-state index < -0.39 is 4.92 Å². The maximum Gasteiger partial charge on any atom is 0.353 e. The summed E-state index contributed by atoms with van der Waals surface area (Å²) in [5.74, 6) is 1.09. The second-order valence-electron chi connectivity index (χ2n) is 5.98. The summed E-state index contributed by atoms with van der Waals surface area (Å²) in [5.41, 5.74) is 0.976. The predicted molar refractivity (Wildman–Crippen MR) is 114 cm³/mol. The molecule has 0 saturated heterocycles. The van der Waals surface area contributed by atoms with E-state index in [-0.39, 0.29) is 17.3 Å². The van der Waals surface area contributed by atoms with Crippen LogP contribution in [-0.2, 0) is 0 Å². The highest BCUT2D eigenvalue weighted by molar-refractivity contribution is 7.22. The minimum atomic E-state index is -0.548. The Balaban J connectivity index is 1.70. The van der Waals surface area contributed by atoms with Gasteiger partial charge in [0.2, 0.25) is 11.6 Å². The Kier molecular flexibility index (Phi) is 5.26. The van der Waals surface area contributed by atoms with Gasteiger partial charge in [-0.25, -0.2) is 15.0 Å². The van der Waals surface area contributed by atoms with Gasteiger partial charge in [0, 0.05) is 6.07 Å². The maximum absolute atomic E-state index is 11.8. The molecule has 0 radical (unpaired) electrons. The van der Waals surface area contributed by atoms with Crippen LogP contribution in [0.2, 0.25) is 0 Å². The van der Waals surface area contributed by atoms with E-state index in [0.29, 0.717) is 22.3 Å². The number of hydrogen-bond donors (Lipinski definition) is 2. The van der Waals surface area contributed by atoms with Crippen LogP contribution in [0, 0.1) is 10.1 Å². The summed E-state index contributed by atoms with van der Waals surface area (Å²) in [4.78, 5) is 23.8. The van der Waals surface area contributed by atoms with Crippen LogP contribution < -0.4 is 20.1 Å². The molecule has 0 aliphatic rings. The molecule has 2 aromatic heterocycles. The zero-order valence-corrected chi connectivity index (χ0v) is 16.8. The Morgan fingerprint density at radius 2 is 1.80 bits per heavy atom. The third kappa shape index (κ3) is 3.78. The van der Waals surface area contributed by atoms with Crippen LogP contribution in [0.3, 0.4) is 0 Å². The van der Waals surface area contributed by atoms with Gasteiger partial charge in [-0.2, -0.15) is 0 Å². The lowest BCUT2D eigenvalue weighted by Crippen LogP contribution is -2.06. The van der Waals surface area contributed by atoms with Gasteiger partial charge in [0.1, 0.15) is 17.8 Å². The van der Waals surface area contributed by atoms with Crippen molar-refractivity contribution in [3.63, 3.8) is 0 Å². The van der Waals surface area contributed by atoms with Gasteiger partial charge in [0.25, 0.3) is 0 Å². The quantitative estimate of drug-likeness (QED) is 0.326. The molecule has 10 nitrogen and oxygen atoms in total. The van der Waals surface area contributed by atoms with E-state index in [4.69, 9.17) is 9.47 Å². The standard InChI is InChI=1S/C19H16N6O4S/c1-28-11-7-8-12(14(9-11)29-2)22-17-16(25(26)27)18(21-10-20-17)24-19-23-13-5-3-4-6-15(13)30-19/h3-10H,1-2H3,(H2,20,21,22,23,24). The fourth-order valence-electron chi connectivity index (χ4n) is 2.79. The van der Waals surface area contributed by atoms with E-state index in [1.165, 1.54) is 31.9 Å². The zero-order chi connectivity index (χ0) is 21.1. The van der Waals surface area contributed by atoms with Gasteiger partial charge in [-0.05, 0) is 24.3 Å². The Hall–Kier alpha value is -3.99. The molecule has 0 bridgehead atoms. The number of benzene rings is 2. The lowest BCUT2D eigenvalue weighted by Gasteiger charge is -2.13. The number of thiazole rings is 1. The molecule has 0 spiro atoms. The highest BCUT2D eigenvalue weighted by Gasteiger charge is 2.25. The van der Waals surface area contributed by atoms with E-state index in [0.717, 1.165) is 10.2 Å². The minimum absolute atomic E-state index is 0.0158. The van der Waals surface area contributed by atoms with Crippen molar-refractivity contribution in [3.05, 3.63) is 58.9 Å². The Morgan fingerprint density at radius 1 is 1.03 bits per heavy atom. The third-order valence-corrected chi connectivity index (χ3v) is 5.14. The molecule has 0 saturated carbocycles. The SMILES string of the molecule is COc1ccc(Nc2ncnc(Nc3nc4ccccc4s3)c2[N+](=O)[O-])c(OC)c1. The number of para-hydroxylation sites is 1. The summed E-state index contributed by atoms with van der Waals surface area (Å²) in [5, 5.41) is 18.2. The van der Waals surface area contributed by atoms with Crippen molar-refractivity contribution in [2.24, 2.45) is 0 Å². The van der Waals surface area contributed by atoms with Crippen molar-refractivity contribution in [1.82, 2.24) is 15.0 Å². The second kappa shape index (κ2) is 8.17. The van der Waals surface area contributed by atoms with Gasteiger partial charge in [-0.1, -0.05) is 23.5 Å². The molecule has 0 aliphatic carbocycles. The fraction of sp³-hybridized carbons (Fsp3) is 0.105. The number of nitrogens with zero attached hydrogens (tertiary/aromatic N) is 4. The van der Waals surface area contributed by atoms with Crippen LogP contribution in [0.1, 0.15) is 0 Å². The molecule has 2 heterocycles. The van der Waals surface area contributed by atoms with Gasteiger partial charge in [0.15, 0.2) is 5.13 Å². The van der Waals surface area contributed by atoms with Crippen LogP contribution in [-0.4, -0.2) is 34.1 Å². The zero-order valence-electron chi connectivity index (χ0n) is 15.9. The van der Waals surface area contributed by atoms with Crippen molar-refractivity contribution >= 4 is 49.7 Å². The number of nitrogens with one attached hydrogen (secondary N) is 2.